The molecular weight excluding hydrogens is 625 g/mol. The van der Waals surface area contributed by atoms with Crippen LogP contribution < -0.4 is 9.64 Å². The van der Waals surface area contributed by atoms with Gasteiger partial charge in [0, 0.05) is 32.8 Å². The van der Waals surface area contributed by atoms with E-state index in [1.165, 1.54) is 16.7 Å². The average molecular weight is 645 g/mol. The number of Topliss-reactive ketones (excluding diaryl/α,β-unsaturated/α-hetero) is 1. The summed E-state index contributed by atoms with van der Waals surface area (Å²) in [6.07, 6.45) is 0.689. The topological polar surface area (TPSA) is 92.6 Å². The smallest absolute Gasteiger partial charge is 0.301 e. The summed E-state index contributed by atoms with van der Waals surface area (Å²) >= 11 is 21.2. The van der Waals surface area contributed by atoms with E-state index in [9.17, 15) is 14.7 Å². The van der Waals surface area contributed by atoms with Crippen LogP contribution in [0.2, 0.25) is 15.1 Å². The predicted octanol–water partition coefficient (Wildman–Crippen LogP) is 7.74. The van der Waals surface area contributed by atoms with Crippen LogP contribution in [0, 0.1) is 0 Å². The molecule has 0 radical (unpaired) electrons. The maximum Gasteiger partial charge on any atom is 0.301 e. The minimum atomic E-state index is -0.964. The highest BCUT2D eigenvalue weighted by atomic mass is 35.5. The van der Waals surface area contributed by atoms with Gasteiger partial charge in [-0.05, 0) is 66.1 Å². The third-order valence-corrected chi connectivity index (χ3v) is 9.67. The summed E-state index contributed by atoms with van der Waals surface area (Å²) in [7, 11) is 0. The fourth-order valence-corrected chi connectivity index (χ4v) is 7.51. The lowest BCUT2D eigenvalue weighted by Crippen LogP contribution is -2.29. The van der Waals surface area contributed by atoms with Crippen molar-refractivity contribution in [1.82, 2.24) is 10.2 Å². The molecule has 0 unspecified atom stereocenters. The molecule has 1 saturated heterocycles. The largest absolute Gasteiger partial charge is 0.507 e. The van der Waals surface area contributed by atoms with E-state index >= 15 is 0 Å². The van der Waals surface area contributed by atoms with E-state index in [-0.39, 0.29) is 22.6 Å². The Hall–Kier alpha value is -3.08. The minimum absolute atomic E-state index is 0.0135. The average Bonchev–Trinajstić information content (AvgIpc) is 3.62. The van der Waals surface area contributed by atoms with E-state index in [4.69, 9.17) is 39.5 Å². The standard InChI is InChI=1S/C29H20Cl3N3O4S2/c1-14-9-18-10-16(6-8-22(18)39-14)25(36)23-24(15-3-2-4-19(30)11-15)35(27(38)26(23)37)28-33-34-29(41-28)40-13-17-5-7-20(31)12-21(17)32/h2-8,10-12,14,24,36H,9,13H2,1H3/t14-,24-/m1/s1. The van der Waals surface area contributed by atoms with Crippen molar-refractivity contribution >= 4 is 80.5 Å². The third kappa shape index (κ3) is 5.45. The van der Waals surface area contributed by atoms with Crippen LogP contribution in [-0.2, 0) is 21.8 Å². The van der Waals surface area contributed by atoms with Crippen molar-refractivity contribution in [1.29, 1.82) is 0 Å². The number of hydrogen-bond donors (Lipinski definition) is 1. The zero-order chi connectivity index (χ0) is 28.8. The van der Waals surface area contributed by atoms with E-state index in [1.54, 1.807) is 54.6 Å². The summed E-state index contributed by atoms with van der Waals surface area (Å²) in [6.45, 7) is 1.96. The molecule has 2 atom stereocenters. The van der Waals surface area contributed by atoms with Gasteiger partial charge in [0.1, 0.15) is 17.6 Å². The van der Waals surface area contributed by atoms with Gasteiger partial charge in [-0.25, -0.2) is 0 Å². The highest BCUT2D eigenvalue weighted by Gasteiger charge is 2.48. The molecule has 3 aromatic carbocycles. The van der Waals surface area contributed by atoms with Gasteiger partial charge in [0.25, 0.3) is 5.78 Å². The zero-order valence-electron chi connectivity index (χ0n) is 21.3. The number of thioether (sulfide) groups is 1. The number of ether oxygens (including phenoxy) is 1. The van der Waals surface area contributed by atoms with Crippen molar-refractivity contribution in [2.24, 2.45) is 0 Å². The maximum atomic E-state index is 13.5. The van der Waals surface area contributed by atoms with Crippen LogP contribution in [0.15, 0.2) is 70.6 Å². The van der Waals surface area contributed by atoms with Crippen molar-refractivity contribution in [2.45, 2.75) is 35.6 Å². The molecule has 1 fully saturated rings. The second-order valence-electron chi connectivity index (χ2n) is 9.55. The predicted molar refractivity (Wildman–Crippen MR) is 162 cm³/mol. The SMILES string of the molecule is C[C@@H]1Cc2cc(C(O)=C3C(=O)C(=O)N(c4nnc(SCc5ccc(Cl)cc5Cl)s4)[C@@H]3c3cccc(Cl)c3)ccc2O1. The number of anilines is 1. The van der Waals surface area contributed by atoms with Crippen LogP contribution >= 0.6 is 57.9 Å². The molecule has 0 saturated carbocycles. The highest BCUT2D eigenvalue weighted by Crippen LogP contribution is 2.45. The summed E-state index contributed by atoms with van der Waals surface area (Å²) in [5.41, 5.74) is 2.70. The van der Waals surface area contributed by atoms with Crippen LogP contribution in [0.25, 0.3) is 5.76 Å². The van der Waals surface area contributed by atoms with Gasteiger partial charge in [-0.3, -0.25) is 14.5 Å². The van der Waals surface area contributed by atoms with Crippen LogP contribution in [0.1, 0.15) is 35.2 Å². The number of aliphatic hydroxyl groups excluding tert-OH is 1. The quantitative estimate of drug-likeness (QED) is 0.0755. The molecule has 7 nitrogen and oxygen atoms in total. The summed E-state index contributed by atoms with van der Waals surface area (Å²) in [4.78, 5) is 28.3. The number of benzene rings is 3. The van der Waals surface area contributed by atoms with Gasteiger partial charge in [0.2, 0.25) is 5.13 Å². The van der Waals surface area contributed by atoms with E-state index < -0.39 is 17.7 Å². The number of rotatable bonds is 6. The van der Waals surface area contributed by atoms with Crippen molar-refractivity contribution < 1.29 is 19.4 Å². The van der Waals surface area contributed by atoms with E-state index in [1.807, 2.05) is 13.0 Å². The van der Waals surface area contributed by atoms with Crippen LogP contribution in [0.4, 0.5) is 5.13 Å². The molecule has 1 aromatic heterocycles. The molecule has 0 bridgehead atoms. The van der Waals surface area contributed by atoms with Gasteiger partial charge >= 0.3 is 5.91 Å². The molecule has 41 heavy (non-hydrogen) atoms. The first-order chi connectivity index (χ1) is 19.7. The number of aromatic nitrogens is 2. The lowest BCUT2D eigenvalue weighted by Gasteiger charge is -2.22. The molecule has 0 aliphatic carbocycles. The Labute approximate surface area is 258 Å². The van der Waals surface area contributed by atoms with E-state index in [0.29, 0.717) is 42.7 Å². The summed E-state index contributed by atoms with van der Waals surface area (Å²) in [5.74, 6) is -0.686. The molecular formula is C29H20Cl3N3O4S2. The van der Waals surface area contributed by atoms with E-state index in [0.717, 1.165) is 28.2 Å². The first-order valence-corrected chi connectivity index (χ1v) is 15.4. The molecule has 12 heteroatoms. The Morgan fingerprint density at radius 1 is 1.07 bits per heavy atom. The molecule has 2 aliphatic rings. The first kappa shape index (κ1) is 28.1. The van der Waals surface area contributed by atoms with Crippen molar-refractivity contribution in [3.05, 3.63) is 104 Å². The number of fused-ring (bicyclic) bond motifs is 1. The van der Waals surface area contributed by atoms with Gasteiger partial charge < -0.3 is 9.84 Å². The Morgan fingerprint density at radius 2 is 1.88 bits per heavy atom. The third-order valence-electron chi connectivity index (χ3n) is 6.75. The Kier molecular flexibility index (Phi) is 7.74. The van der Waals surface area contributed by atoms with Crippen LogP contribution in [0.5, 0.6) is 5.75 Å². The minimum Gasteiger partial charge on any atom is -0.507 e. The first-order valence-electron chi connectivity index (χ1n) is 12.5. The van der Waals surface area contributed by atoms with Crippen molar-refractivity contribution in [3.63, 3.8) is 0 Å². The molecule has 4 aromatic rings. The van der Waals surface area contributed by atoms with Crippen LogP contribution in [-0.4, -0.2) is 33.1 Å². The number of aliphatic hydroxyl groups is 1. The molecule has 2 aliphatic heterocycles. The second-order valence-corrected chi connectivity index (χ2v) is 13.0. The Bertz CT molecular complexity index is 1740. The van der Waals surface area contributed by atoms with Gasteiger partial charge in [-0.2, -0.15) is 0 Å². The number of carbonyl (C=O) groups is 2. The number of hydrogen-bond acceptors (Lipinski definition) is 8. The summed E-state index contributed by atoms with van der Waals surface area (Å²) < 4.78 is 6.35. The number of carbonyl (C=O) groups excluding carboxylic acids is 2. The molecule has 208 valence electrons. The number of ketones is 1. The number of halogens is 3. The Morgan fingerprint density at radius 3 is 2.66 bits per heavy atom. The van der Waals surface area contributed by atoms with Gasteiger partial charge in [0.05, 0.1) is 11.6 Å². The van der Waals surface area contributed by atoms with Crippen molar-refractivity contribution in [2.75, 3.05) is 4.90 Å². The van der Waals surface area contributed by atoms with Gasteiger partial charge in [-0.15, -0.1) is 10.2 Å². The molecule has 6 rings (SSSR count). The van der Waals surface area contributed by atoms with Gasteiger partial charge in [0.15, 0.2) is 4.34 Å². The normalized spacial score (nSPS) is 19.5. The monoisotopic (exact) mass is 643 g/mol. The maximum absolute atomic E-state index is 13.5. The second kappa shape index (κ2) is 11.3. The number of nitrogens with zero attached hydrogens (tertiary/aromatic N) is 3. The molecule has 0 spiro atoms. The van der Waals surface area contributed by atoms with Crippen LogP contribution in [0.3, 0.4) is 0 Å². The molecule has 1 N–H and O–H groups in total. The zero-order valence-corrected chi connectivity index (χ0v) is 25.2. The fraction of sp³-hybridized carbons (Fsp3) is 0.172. The summed E-state index contributed by atoms with van der Waals surface area (Å²) in [6, 6.07) is 16.4. The van der Waals surface area contributed by atoms with Gasteiger partial charge in [-0.1, -0.05) is 76.1 Å². The highest BCUT2D eigenvalue weighted by molar-refractivity contribution is 8.00. The molecule has 1 amide bonds. The Balaban J connectivity index is 1.38. The fourth-order valence-electron chi connectivity index (χ4n) is 4.88. The van der Waals surface area contributed by atoms with E-state index in [2.05, 4.69) is 10.2 Å². The molecule has 3 heterocycles. The summed E-state index contributed by atoms with van der Waals surface area (Å²) in [5, 5.41) is 21.7. The lowest BCUT2D eigenvalue weighted by atomic mass is 9.94. The van der Waals surface area contributed by atoms with Crippen molar-refractivity contribution in [3.8, 4) is 5.75 Å². The lowest BCUT2D eigenvalue weighted by molar-refractivity contribution is -0.132. The number of amides is 1.